The van der Waals surface area contributed by atoms with Crippen LogP contribution in [0.3, 0.4) is 0 Å². The Labute approximate surface area is 112 Å². The van der Waals surface area contributed by atoms with Gasteiger partial charge in [0.25, 0.3) is 0 Å². The summed E-state index contributed by atoms with van der Waals surface area (Å²) < 4.78 is 10.7. The Bertz CT molecular complexity index is 433. The molecule has 0 spiro atoms. The van der Waals surface area contributed by atoms with Crippen LogP contribution in [0.5, 0.6) is 0 Å². The molecule has 1 aliphatic rings. The molecule has 0 aromatic carbocycles. The number of carbonyl (C=O) groups is 1. The molecule has 6 heteroatoms. The van der Waals surface area contributed by atoms with Crippen LogP contribution in [0.4, 0.5) is 0 Å². The molecule has 19 heavy (non-hydrogen) atoms. The van der Waals surface area contributed by atoms with Crippen molar-refractivity contribution in [2.75, 3.05) is 20.2 Å². The minimum atomic E-state index is -0.395. The molecule has 1 saturated heterocycles. The number of rotatable bonds is 4. The number of hydrogen-bond donors (Lipinski definition) is 2. The monoisotopic (exact) mass is 267 g/mol. The van der Waals surface area contributed by atoms with Gasteiger partial charge >= 0.3 is 5.91 Å². The Morgan fingerprint density at radius 1 is 1.68 bits per heavy atom. The highest BCUT2D eigenvalue weighted by atomic mass is 16.5. The highest BCUT2D eigenvalue weighted by Gasteiger charge is 2.27. The van der Waals surface area contributed by atoms with Gasteiger partial charge in [-0.1, -0.05) is 6.92 Å². The van der Waals surface area contributed by atoms with E-state index in [0.717, 1.165) is 25.1 Å². The van der Waals surface area contributed by atoms with Crippen LogP contribution in [-0.2, 0) is 11.3 Å². The summed E-state index contributed by atoms with van der Waals surface area (Å²) >= 11 is 0. The first kappa shape index (κ1) is 14.0. The lowest BCUT2D eigenvalue weighted by Gasteiger charge is -2.36. The third-order valence-corrected chi connectivity index (χ3v) is 3.75. The molecule has 0 aliphatic carbocycles. The summed E-state index contributed by atoms with van der Waals surface area (Å²) in [6.45, 7) is 4.74. The summed E-state index contributed by atoms with van der Waals surface area (Å²) in [4.78, 5) is 13.8. The third kappa shape index (κ3) is 3.15. The van der Waals surface area contributed by atoms with Crippen molar-refractivity contribution in [1.82, 2.24) is 10.3 Å². The highest BCUT2D eigenvalue weighted by molar-refractivity contribution is 5.92. The predicted molar refractivity (Wildman–Crippen MR) is 70.2 cm³/mol. The van der Waals surface area contributed by atoms with Crippen molar-refractivity contribution in [2.45, 2.75) is 26.0 Å². The van der Waals surface area contributed by atoms with Crippen molar-refractivity contribution in [3.05, 3.63) is 23.7 Å². The van der Waals surface area contributed by atoms with E-state index in [2.05, 4.69) is 17.2 Å². The molecule has 1 aliphatic heterocycles. The minimum absolute atomic E-state index is 0.243. The standard InChI is InChI=1S/C13H21N3O3/c1-9-3-5-16(8-11(9)18-2)7-10-4-6-19-12(10)13(17)15-14/h4,6,9,11H,3,5,7-8,14H2,1-2H3,(H,15,17). The Hall–Kier alpha value is -1.37. The molecule has 1 aromatic rings. The molecule has 2 heterocycles. The van der Waals surface area contributed by atoms with Gasteiger partial charge in [-0.05, 0) is 24.9 Å². The number of nitrogens with two attached hydrogens (primary N) is 1. The second kappa shape index (κ2) is 6.18. The molecule has 2 unspecified atom stereocenters. The number of nitrogen functional groups attached to an aromatic ring is 1. The molecule has 6 nitrogen and oxygen atoms in total. The van der Waals surface area contributed by atoms with Crippen molar-refractivity contribution < 1.29 is 13.9 Å². The number of hydrogen-bond acceptors (Lipinski definition) is 5. The highest BCUT2D eigenvalue weighted by Crippen LogP contribution is 2.22. The number of carbonyl (C=O) groups excluding carboxylic acids is 1. The van der Waals surface area contributed by atoms with Crippen LogP contribution in [0.15, 0.2) is 16.7 Å². The van der Waals surface area contributed by atoms with E-state index in [-0.39, 0.29) is 11.9 Å². The average molecular weight is 267 g/mol. The van der Waals surface area contributed by atoms with Crippen LogP contribution < -0.4 is 11.3 Å². The number of furan rings is 1. The maximum absolute atomic E-state index is 11.5. The van der Waals surface area contributed by atoms with Gasteiger partial charge in [-0.25, -0.2) is 5.84 Å². The number of piperidine rings is 1. The van der Waals surface area contributed by atoms with Gasteiger partial charge < -0.3 is 9.15 Å². The number of nitrogens with one attached hydrogen (secondary N) is 1. The quantitative estimate of drug-likeness (QED) is 0.478. The predicted octanol–water partition coefficient (Wildman–Crippen LogP) is 0.740. The Morgan fingerprint density at radius 3 is 3.16 bits per heavy atom. The van der Waals surface area contributed by atoms with E-state index in [1.165, 1.54) is 6.26 Å². The van der Waals surface area contributed by atoms with E-state index in [0.29, 0.717) is 12.5 Å². The van der Waals surface area contributed by atoms with E-state index in [1.807, 2.05) is 6.07 Å². The van der Waals surface area contributed by atoms with Gasteiger partial charge in [0.1, 0.15) is 0 Å². The van der Waals surface area contributed by atoms with E-state index >= 15 is 0 Å². The molecular weight excluding hydrogens is 246 g/mol. The lowest BCUT2D eigenvalue weighted by molar-refractivity contribution is -0.00756. The molecule has 2 rings (SSSR count). The van der Waals surface area contributed by atoms with Crippen LogP contribution in [0, 0.1) is 5.92 Å². The van der Waals surface area contributed by atoms with Gasteiger partial charge in [0.05, 0.1) is 12.4 Å². The number of nitrogens with zero attached hydrogens (tertiary/aromatic N) is 1. The van der Waals surface area contributed by atoms with Crippen molar-refractivity contribution in [3.8, 4) is 0 Å². The molecule has 1 amide bonds. The zero-order valence-electron chi connectivity index (χ0n) is 11.4. The summed E-state index contributed by atoms with van der Waals surface area (Å²) in [5.74, 6) is 5.59. The van der Waals surface area contributed by atoms with E-state index < -0.39 is 5.91 Å². The van der Waals surface area contributed by atoms with E-state index in [4.69, 9.17) is 15.0 Å². The zero-order chi connectivity index (χ0) is 13.8. The average Bonchev–Trinajstić information content (AvgIpc) is 2.88. The Balaban J connectivity index is 2.02. The van der Waals surface area contributed by atoms with Crippen molar-refractivity contribution in [3.63, 3.8) is 0 Å². The van der Waals surface area contributed by atoms with Crippen LogP contribution in [0.1, 0.15) is 29.5 Å². The van der Waals surface area contributed by atoms with Crippen LogP contribution >= 0.6 is 0 Å². The first-order chi connectivity index (χ1) is 9.15. The molecule has 0 saturated carbocycles. The first-order valence-corrected chi connectivity index (χ1v) is 6.48. The van der Waals surface area contributed by atoms with Gasteiger partial charge in [0, 0.05) is 25.8 Å². The summed E-state index contributed by atoms with van der Waals surface area (Å²) in [6, 6.07) is 1.81. The fourth-order valence-corrected chi connectivity index (χ4v) is 2.51. The van der Waals surface area contributed by atoms with Gasteiger partial charge in [0.2, 0.25) is 0 Å². The smallest absolute Gasteiger partial charge is 0.301 e. The zero-order valence-corrected chi connectivity index (χ0v) is 11.4. The summed E-state index contributed by atoms with van der Waals surface area (Å²) in [5, 5.41) is 0. The van der Waals surface area contributed by atoms with E-state index in [1.54, 1.807) is 7.11 Å². The molecule has 1 fully saturated rings. The van der Waals surface area contributed by atoms with Crippen molar-refractivity contribution in [1.29, 1.82) is 0 Å². The molecule has 106 valence electrons. The number of hydrazine groups is 1. The minimum Gasteiger partial charge on any atom is -0.459 e. The molecule has 0 radical (unpaired) electrons. The molecule has 2 atom stereocenters. The lowest BCUT2D eigenvalue weighted by Crippen LogP contribution is -2.43. The van der Waals surface area contributed by atoms with E-state index in [9.17, 15) is 4.79 Å². The molecular formula is C13H21N3O3. The Morgan fingerprint density at radius 2 is 2.47 bits per heavy atom. The molecule has 0 bridgehead atoms. The summed E-state index contributed by atoms with van der Waals surface area (Å²) in [7, 11) is 1.75. The fraction of sp³-hybridized carbons (Fsp3) is 0.615. The van der Waals surface area contributed by atoms with Gasteiger partial charge in [-0.3, -0.25) is 15.1 Å². The second-order valence-corrected chi connectivity index (χ2v) is 5.02. The van der Waals surface area contributed by atoms with Crippen molar-refractivity contribution >= 4 is 5.91 Å². The molecule has 1 aromatic heterocycles. The normalized spacial score (nSPS) is 24.4. The van der Waals surface area contributed by atoms with Crippen LogP contribution in [0.2, 0.25) is 0 Å². The van der Waals surface area contributed by atoms with Gasteiger partial charge in [-0.2, -0.15) is 0 Å². The largest absolute Gasteiger partial charge is 0.459 e. The maximum Gasteiger partial charge on any atom is 0.301 e. The topological polar surface area (TPSA) is 80.7 Å². The first-order valence-electron chi connectivity index (χ1n) is 6.48. The summed E-state index contributed by atoms with van der Waals surface area (Å²) in [6.07, 6.45) is 2.85. The van der Waals surface area contributed by atoms with Gasteiger partial charge in [0.15, 0.2) is 5.76 Å². The van der Waals surface area contributed by atoms with Crippen LogP contribution in [0.25, 0.3) is 0 Å². The third-order valence-electron chi connectivity index (χ3n) is 3.75. The number of methoxy groups -OCH3 is 1. The number of likely N-dealkylation sites (tertiary alicyclic amines) is 1. The SMILES string of the molecule is COC1CN(Cc2ccoc2C(=O)NN)CCC1C. The maximum atomic E-state index is 11.5. The number of ether oxygens (including phenoxy) is 1. The second-order valence-electron chi connectivity index (χ2n) is 5.02. The van der Waals surface area contributed by atoms with Crippen LogP contribution in [-0.4, -0.2) is 37.1 Å². The lowest BCUT2D eigenvalue weighted by atomic mass is 9.95. The number of amides is 1. The molecule has 3 N–H and O–H groups in total. The Kier molecular flexibility index (Phi) is 4.57. The van der Waals surface area contributed by atoms with Crippen molar-refractivity contribution in [2.24, 2.45) is 11.8 Å². The fourth-order valence-electron chi connectivity index (χ4n) is 2.51. The summed E-state index contributed by atoms with van der Waals surface area (Å²) in [5.41, 5.74) is 2.95. The van der Waals surface area contributed by atoms with Gasteiger partial charge in [-0.15, -0.1) is 0 Å².